The monoisotopic (exact) mass is 455 g/mol. The Morgan fingerprint density at radius 2 is 1.90 bits per heavy atom. The molecule has 0 aliphatic carbocycles. The van der Waals surface area contributed by atoms with Crippen LogP contribution in [0.15, 0.2) is 58.1 Å². The van der Waals surface area contributed by atoms with Crippen LogP contribution in [0.25, 0.3) is 5.69 Å². The number of nitrogens with zero attached hydrogens (tertiary/aromatic N) is 2. The van der Waals surface area contributed by atoms with Crippen LogP contribution in [0.5, 0.6) is 11.5 Å². The SMILES string of the molecule is COc1ccc(C(=O)NN=Cc2cc(C)n(-c3cccc(Br)c3)c2C)c(OC)c1. The minimum absolute atomic E-state index is 0.360. The largest absolute Gasteiger partial charge is 0.497 e. The molecule has 3 rings (SSSR count). The highest BCUT2D eigenvalue weighted by molar-refractivity contribution is 9.10. The fraction of sp³-hybridized carbons (Fsp3) is 0.182. The Kier molecular flexibility index (Phi) is 6.39. The second kappa shape index (κ2) is 8.96. The van der Waals surface area contributed by atoms with Crippen LogP contribution in [0.2, 0.25) is 0 Å². The number of rotatable bonds is 6. The minimum atomic E-state index is -0.360. The van der Waals surface area contributed by atoms with Gasteiger partial charge in [0.1, 0.15) is 11.5 Å². The van der Waals surface area contributed by atoms with Crippen LogP contribution >= 0.6 is 15.9 Å². The van der Waals surface area contributed by atoms with E-state index >= 15 is 0 Å². The van der Waals surface area contributed by atoms with Crippen LogP contribution in [0.3, 0.4) is 0 Å². The molecule has 29 heavy (non-hydrogen) atoms. The average molecular weight is 456 g/mol. The van der Waals surface area contributed by atoms with Crippen LogP contribution in [-0.4, -0.2) is 30.9 Å². The van der Waals surface area contributed by atoms with Crippen molar-refractivity contribution in [3.8, 4) is 17.2 Å². The Hall–Kier alpha value is -3.06. The zero-order valence-electron chi connectivity index (χ0n) is 16.7. The number of halogens is 1. The van der Waals surface area contributed by atoms with Gasteiger partial charge < -0.3 is 14.0 Å². The van der Waals surface area contributed by atoms with Crippen molar-refractivity contribution in [2.45, 2.75) is 13.8 Å². The van der Waals surface area contributed by atoms with E-state index in [2.05, 4.69) is 37.1 Å². The molecule has 0 aliphatic rings. The van der Waals surface area contributed by atoms with E-state index in [0.29, 0.717) is 17.1 Å². The van der Waals surface area contributed by atoms with Crippen molar-refractivity contribution < 1.29 is 14.3 Å². The molecule has 1 heterocycles. The zero-order chi connectivity index (χ0) is 21.0. The third kappa shape index (κ3) is 4.51. The van der Waals surface area contributed by atoms with Gasteiger partial charge >= 0.3 is 0 Å². The predicted octanol–water partition coefficient (Wildman–Crippen LogP) is 4.64. The number of hydrazone groups is 1. The number of aromatic nitrogens is 1. The first kappa shape index (κ1) is 20.7. The summed E-state index contributed by atoms with van der Waals surface area (Å²) in [6.45, 7) is 4.05. The van der Waals surface area contributed by atoms with Crippen LogP contribution in [0, 0.1) is 13.8 Å². The third-order valence-electron chi connectivity index (χ3n) is 4.56. The third-order valence-corrected chi connectivity index (χ3v) is 5.05. The molecule has 0 atom stereocenters. The lowest BCUT2D eigenvalue weighted by molar-refractivity contribution is 0.0952. The Balaban J connectivity index is 1.79. The molecule has 1 aromatic heterocycles. The standard InChI is InChI=1S/C22H22BrN3O3/c1-14-10-16(15(2)26(14)18-7-5-6-17(23)11-18)13-24-25-22(27)20-9-8-19(28-3)12-21(20)29-4/h5-13H,1-4H3,(H,25,27). The molecular weight excluding hydrogens is 434 g/mol. The van der Waals surface area contributed by atoms with E-state index < -0.39 is 0 Å². The summed E-state index contributed by atoms with van der Waals surface area (Å²) in [4.78, 5) is 12.5. The van der Waals surface area contributed by atoms with Gasteiger partial charge in [-0.15, -0.1) is 0 Å². The Labute approximate surface area is 178 Å². The van der Waals surface area contributed by atoms with Gasteiger partial charge in [0.15, 0.2) is 0 Å². The smallest absolute Gasteiger partial charge is 0.275 e. The number of nitrogens with one attached hydrogen (secondary N) is 1. The van der Waals surface area contributed by atoms with Gasteiger partial charge in [0.25, 0.3) is 5.91 Å². The number of methoxy groups -OCH3 is 2. The summed E-state index contributed by atoms with van der Waals surface area (Å²) < 4.78 is 13.6. The van der Waals surface area contributed by atoms with E-state index in [9.17, 15) is 4.79 Å². The molecule has 0 aliphatic heterocycles. The van der Waals surface area contributed by atoms with Gasteiger partial charge in [-0.25, -0.2) is 5.43 Å². The van der Waals surface area contributed by atoms with Crippen LogP contribution in [0.1, 0.15) is 27.3 Å². The minimum Gasteiger partial charge on any atom is -0.497 e. The maximum atomic E-state index is 12.5. The first-order chi connectivity index (χ1) is 13.9. The average Bonchev–Trinajstić information content (AvgIpc) is 3.00. The summed E-state index contributed by atoms with van der Waals surface area (Å²) in [5.41, 5.74) is 7.02. The Bertz CT molecular complexity index is 1070. The van der Waals surface area contributed by atoms with E-state index in [0.717, 1.165) is 27.1 Å². The van der Waals surface area contributed by atoms with Crippen LogP contribution < -0.4 is 14.9 Å². The van der Waals surface area contributed by atoms with Crippen molar-refractivity contribution in [1.29, 1.82) is 0 Å². The second-order valence-electron chi connectivity index (χ2n) is 6.41. The van der Waals surface area contributed by atoms with Gasteiger partial charge in [0.2, 0.25) is 0 Å². The van der Waals surface area contributed by atoms with Gasteiger partial charge in [-0.3, -0.25) is 4.79 Å². The summed E-state index contributed by atoms with van der Waals surface area (Å²) in [6, 6.07) is 15.1. The molecule has 0 saturated carbocycles. The van der Waals surface area contributed by atoms with Gasteiger partial charge in [-0.05, 0) is 50.2 Å². The fourth-order valence-corrected chi connectivity index (χ4v) is 3.52. The summed E-state index contributed by atoms with van der Waals surface area (Å²) in [6.07, 6.45) is 1.64. The number of carbonyl (C=O) groups is 1. The van der Waals surface area contributed by atoms with E-state index in [-0.39, 0.29) is 5.91 Å². The van der Waals surface area contributed by atoms with Crippen molar-refractivity contribution in [3.05, 3.63) is 75.5 Å². The molecule has 0 unspecified atom stereocenters. The number of ether oxygens (including phenoxy) is 2. The maximum Gasteiger partial charge on any atom is 0.275 e. The molecule has 0 spiro atoms. The molecule has 7 heteroatoms. The topological polar surface area (TPSA) is 64.8 Å². The molecular formula is C22H22BrN3O3. The van der Waals surface area contributed by atoms with Crippen LogP contribution in [0.4, 0.5) is 0 Å². The molecule has 0 saturated heterocycles. The maximum absolute atomic E-state index is 12.5. The lowest BCUT2D eigenvalue weighted by atomic mass is 10.2. The summed E-state index contributed by atoms with van der Waals surface area (Å²) in [5, 5.41) is 4.13. The number of carbonyl (C=O) groups excluding carboxylic acids is 1. The Morgan fingerprint density at radius 3 is 2.59 bits per heavy atom. The Morgan fingerprint density at radius 1 is 1.10 bits per heavy atom. The number of amides is 1. The normalized spacial score (nSPS) is 10.9. The number of aryl methyl sites for hydroxylation is 1. The van der Waals surface area contributed by atoms with Crippen molar-refractivity contribution >= 4 is 28.1 Å². The number of benzene rings is 2. The lowest BCUT2D eigenvalue weighted by Gasteiger charge is -2.10. The first-order valence-electron chi connectivity index (χ1n) is 8.95. The summed E-state index contributed by atoms with van der Waals surface area (Å²) in [7, 11) is 3.06. The summed E-state index contributed by atoms with van der Waals surface area (Å²) >= 11 is 3.51. The zero-order valence-corrected chi connectivity index (χ0v) is 18.3. The van der Waals surface area contributed by atoms with Gasteiger partial charge in [-0.1, -0.05) is 22.0 Å². The molecule has 1 N–H and O–H groups in total. The predicted molar refractivity (Wildman–Crippen MR) is 118 cm³/mol. The van der Waals surface area contributed by atoms with Gasteiger partial charge in [0.05, 0.1) is 26.0 Å². The van der Waals surface area contributed by atoms with Gasteiger partial charge in [-0.2, -0.15) is 5.10 Å². The molecule has 6 nitrogen and oxygen atoms in total. The lowest BCUT2D eigenvalue weighted by Crippen LogP contribution is -2.18. The molecule has 1 amide bonds. The fourth-order valence-electron chi connectivity index (χ4n) is 3.14. The molecule has 0 bridgehead atoms. The molecule has 2 aromatic carbocycles. The quantitative estimate of drug-likeness (QED) is 0.434. The summed E-state index contributed by atoms with van der Waals surface area (Å²) in [5.74, 6) is 0.674. The van der Waals surface area contributed by atoms with E-state index in [1.807, 2.05) is 38.1 Å². The number of hydrogen-bond acceptors (Lipinski definition) is 4. The molecule has 0 radical (unpaired) electrons. The number of hydrogen-bond donors (Lipinski definition) is 1. The highest BCUT2D eigenvalue weighted by atomic mass is 79.9. The van der Waals surface area contributed by atoms with Crippen LogP contribution in [-0.2, 0) is 0 Å². The van der Waals surface area contributed by atoms with E-state index in [1.165, 1.54) is 7.11 Å². The molecule has 150 valence electrons. The van der Waals surface area contributed by atoms with Crippen molar-refractivity contribution in [2.24, 2.45) is 5.10 Å². The molecule has 3 aromatic rings. The second-order valence-corrected chi connectivity index (χ2v) is 7.32. The first-order valence-corrected chi connectivity index (χ1v) is 9.74. The van der Waals surface area contributed by atoms with Crippen molar-refractivity contribution in [3.63, 3.8) is 0 Å². The van der Waals surface area contributed by atoms with E-state index in [1.54, 1.807) is 31.5 Å². The highest BCUT2D eigenvalue weighted by Crippen LogP contribution is 2.25. The van der Waals surface area contributed by atoms with Crippen molar-refractivity contribution in [1.82, 2.24) is 9.99 Å². The highest BCUT2D eigenvalue weighted by Gasteiger charge is 2.13. The van der Waals surface area contributed by atoms with Gasteiger partial charge in [0, 0.05) is 33.2 Å². The molecule has 0 fully saturated rings. The van der Waals surface area contributed by atoms with E-state index in [4.69, 9.17) is 9.47 Å². The van der Waals surface area contributed by atoms with Crippen molar-refractivity contribution in [2.75, 3.05) is 14.2 Å².